The van der Waals surface area contributed by atoms with Crippen molar-refractivity contribution >= 4 is 33.8 Å². The van der Waals surface area contributed by atoms with E-state index in [-0.39, 0.29) is 35.6 Å². The molecule has 1 aliphatic heterocycles. The lowest BCUT2D eigenvalue weighted by molar-refractivity contribution is -0.120. The Morgan fingerprint density at radius 2 is 1.74 bits per heavy atom. The van der Waals surface area contributed by atoms with Gasteiger partial charge in [-0.1, -0.05) is 53.2 Å². The van der Waals surface area contributed by atoms with Crippen molar-refractivity contribution in [2.24, 2.45) is 5.92 Å². The van der Waals surface area contributed by atoms with Crippen LogP contribution < -0.4 is 5.32 Å². The fourth-order valence-electron chi connectivity index (χ4n) is 4.10. The number of nitrogens with one attached hydrogen (secondary N) is 1. The van der Waals surface area contributed by atoms with Crippen molar-refractivity contribution in [2.45, 2.75) is 38.5 Å². The number of anilines is 1. The van der Waals surface area contributed by atoms with E-state index >= 15 is 0 Å². The van der Waals surface area contributed by atoms with Gasteiger partial charge in [0.25, 0.3) is 0 Å². The monoisotopic (exact) mass is 479 g/mol. The van der Waals surface area contributed by atoms with Crippen molar-refractivity contribution in [3.8, 4) is 0 Å². The zero-order valence-corrected chi connectivity index (χ0v) is 20.4. The number of aryl methyl sites for hydroxylation is 3. The second-order valence-electron chi connectivity index (χ2n) is 8.74. The minimum Gasteiger partial charge on any atom is -0.355 e. The molecule has 0 spiro atoms. The average Bonchev–Trinajstić information content (AvgIpc) is 3.20. The van der Waals surface area contributed by atoms with Crippen LogP contribution in [-0.4, -0.2) is 36.9 Å². The highest BCUT2D eigenvalue weighted by atomic mass is 32.2. The van der Waals surface area contributed by atoms with E-state index in [0.29, 0.717) is 18.5 Å². The zero-order valence-electron chi connectivity index (χ0n) is 19.6. The van der Waals surface area contributed by atoms with E-state index in [0.717, 1.165) is 22.4 Å². The Balaban J connectivity index is 1.45. The first-order chi connectivity index (χ1) is 16.2. The molecule has 8 heteroatoms. The summed E-state index contributed by atoms with van der Waals surface area (Å²) in [5.74, 6) is -0.112. The quantitative estimate of drug-likeness (QED) is 0.548. The summed E-state index contributed by atoms with van der Waals surface area (Å²) >= 11 is 0. The number of sulfonamides is 1. The topological polar surface area (TPSA) is 92.5 Å². The Labute approximate surface area is 200 Å². The van der Waals surface area contributed by atoms with Crippen molar-refractivity contribution in [3.05, 3.63) is 76.7 Å². The SMILES string of the molecule is Cc1ccc(C=Cc2onc(C)c2S(=O)(=O)N2CCC(C(=O)Nc3cccc(C)c3)CC2)cc1. The van der Waals surface area contributed by atoms with Gasteiger partial charge >= 0.3 is 0 Å². The van der Waals surface area contributed by atoms with Gasteiger partial charge in [-0.05, 0) is 62.9 Å². The molecule has 34 heavy (non-hydrogen) atoms. The van der Waals surface area contributed by atoms with E-state index in [1.807, 2.05) is 62.4 Å². The third-order valence-electron chi connectivity index (χ3n) is 6.05. The summed E-state index contributed by atoms with van der Waals surface area (Å²) < 4.78 is 33.7. The molecule has 3 aromatic rings. The fraction of sp³-hybridized carbons (Fsp3) is 0.308. The van der Waals surface area contributed by atoms with E-state index in [1.165, 1.54) is 4.31 Å². The Morgan fingerprint density at radius 1 is 1.03 bits per heavy atom. The molecule has 1 aromatic heterocycles. The number of carbonyl (C=O) groups excluding carboxylic acids is 1. The molecule has 0 aliphatic carbocycles. The summed E-state index contributed by atoms with van der Waals surface area (Å²) in [7, 11) is -3.81. The van der Waals surface area contributed by atoms with Gasteiger partial charge in [-0.25, -0.2) is 8.42 Å². The van der Waals surface area contributed by atoms with E-state index < -0.39 is 10.0 Å². The molecule has 0 saturated carbocycles. The van der Waals surface area contributed by atoms with Gasteiger partial charge in [0.05, 0.1) is 0 Å². The van der Waals surface area contributed by atoms with E-state index in [2.05, 4.69) is 10.5 Å². The number of hydrogen-bond donors (Lipinski definition) is 1. The smallest absolute Gasteiger partial charge is 0.248 e. The predicted octanol–water partition coefficient (Wildman–Crippen LogP) is 4.81. The summed E-state index contributed by atoms with van der Waals surface area (Å²) in [6.07, 6.45) is 4.35. The number of nitrogens with zero attached hydrogens (tertiary/aromatic N) is 2. The predicted molar refractivity (Wildman–Crippen MR) is 133 cm³/mol. The third-order valence-corrected chi connectivity index (χ3v) is 8.10. The standard InChI is InChI=1S/C26H29N3O4S/c1-18-7-9-21(10-8-18)11-12-24-25(20(3)28-33-24)34(31,32)29-15-13-22(14-16-29)26(30)27-23-6-4-5-19(2)17-23/h4-12,17,22H,13-16H2,1-3H3,(H,27,30). The van der Waals surface area contributed by atoms with Crippen LogP contribution in [0.5, 0.6) is 0 Å². The van der Waals surface area contributed by atoms with Crippen LogP contribution in [-0.2, 0) is 14.8 Å². The number of piperidine rings is 1. The normalized spacial score (nSPS) is 15.6. The highest BCUT2D eigenvalue weighted by Crippen LogP contribution is 2.29. The first-order valence-electron chi connectivity index (χ1n) is 11.3. The van der Waals surface area contributed by atoms with Gasteiger partial charge in [0.2, 0.25) is 15.9 Å². The fourth-order valence-corrected chi connectivity index (χ4v) is 5.82. The second-order valence-corrected chi connectivity index (χ2v) is 10.6. The molecule has 0 radical (unpaired) electrons. The van der Waals surface area contributed by atoms with Crippen LogP contribution in [0.3, 0.4) is 0 Å². The maximum atomic E-state index is 13.4. The lowest BCUT2D eigenvalue weighted by Crippen LogP contribution is -2.41. The van der Waals surface area contributed by atoms with Crippen LogP contribution in [0.2, 0.25) is 0 Å². The largest absolute Gasteiger partial charge is 0.355 e. The van der Waals surface area contributed by atoms with Gasteiger partial charge in [0.1, 0.15) is 5.69 Å². The van der Waals surface area contributed by atoms with Crippen molar-refractivity contribution < 1.29 is 17.7 Å². The molecular formula is C26H29N3O4S. The summed E-state index contributed by atoms with van der Waals surface area (Å²) in [5, 5.41) is 6.85. The first kappa shape index (κ1) is 23.9. The average molecular weight is 480 g/mol. The van der Waals surface area contributed by atoms with Crippen molar-refractivity contribution in [1.82, 2.24) is 9.46 Å². The number of carbonyl (C=O) groups is 1. The Kier molecular flexibility index (Phi) is 7.00. The molecule has 1 saturated heterocycles. The minimum atomic E-state index is -3.81. The van der Waals surface area contributed by atoms with Crippen LogP contribution in [0.1, 0.15) is 41.0 Å². The number of rotatable bonds is 6. The third kappa shape index (κ3) is 5.29. The summed E-state index contributed by atoms with van der Waals surface area (Å²) in [5.41, 5.74) is 4.22. The van der Waals surface area contributed by atoms with Crippen LogP contribution in [0, 0.1) is 26.7 Å². The van der Waals surface area contributed by atoms with Gasteiger partial charge in [-0.2, -0.15) is 4.31 Å². The molecule has 0 atom stereocenters. The van der Waals surface area contributed by atoms with Gasteiger partial charge in [0.15, 0.2) is 10.7 Å². The Hall–Kier alpha value is -3.23. The molecule has 178 valence electrons. The molecular weight excluding hydrogens is 450 g/mol. The summed E-state index contributed by atoms with van der Waals surface area (Å²) in [4.78, 5) is 12.8. The molecule has 1 fully saturated rings. The molecule has 1 aliphatic rings. The summed E-state index contributed by atoms with van der Waals surface area (Å²) in [6, 6.07) is 15.5. The maximum absolute atomic E-state index is 13.4. The lowest BCUT2D eigenvalue weighted by Gasteiger charge is -2.30. The van der Waals surface area contributed by atoms with Crippen LogP contribution in [0.4, 0.5) is 5.69 Å². The number of aromatic nitrogens is 1. The molecule has 1 N–H and O–H groups in total. The minimum absolute atomic E-state index is 0.0782. The van der Waals surface area contributed by atoms with Gasteiger partial charge in [-0.15, -0.1) is 0 Å². The van der Waals surface area contributed by atoms with Gasteiger partial charge in [-0.3, -0.25) is 4.79 Å². The number of amides is 1. The van der Waals surface area contributed by atoms with Crippen LogP contribution in [0.15, 0.2) is 57.9 Å². The van der Waals surface area contributed by atoms with Gasteiger partial charge < -0.3 is 9.84 Å². The highest BCUT2D eigenvalue weighted by molar-refractivity contribution is 7.89. The van der Waals surface area contributed by atoms with Crippen LogP contribution >= 0.6 is 0 Å². The first-order valence-corrected chi connectivity index (χ1v) is 12.8. The Morgan fingerprint density at radius 3 is 2.41 bits per heavy atom. The number of benzene rings is 2. The molecule has 7 nitrogen and oxygen atoms in total. The van der Waals surface area contributed by atoms with E-state index in [9.17, 15) is 13.2 Å². The zero-order chi connectivity index (χ0) is 24.3. The molecule has 2 heterocycles. The lowest BCUT2D eigenvalue weighted by atomic mass is 9.97. The van der Waals surface area contributed by atoms with E-state index in [1.54, 1.807) is 19.1 Å². The highest BCUT2D eigenvalue weighted by Gasteiger charge is 2.35. The Bertz CT molecular complexity index is 1300. The molecule has 4 rings (SSSR count). The molecule has 2 aromatic carbocycles. The van der Waals surface area contributed by atoms with Crippen molar-refractivity contribution in [1.29, 1.82) is 0 Å². The molecule has 1 amide bonds. The van der Waals surface area contributed by atoms with Crippen molar-refractivity contribution in [3.63, 3.8) is 0 Å². The van der Waals surface area contributed by atoms with Crippen LogP contribution in [0.25, 0.3) is 12.2 Å². The van der Waals surface area contributed by atoms with Crippen molar-refractivity contribution in [2.75, 3.05) is 18.4 Å². The molecule has 0 bridgehead atoms. The molecule has 0 unspecified atom stereocenters. The number of hydrogen-bond acceptors (Lipinski definition) is 5. The maximum Gasteiger partial charge on any atom is 0.248 e. The second kappa shape index (κ2) is 9.95. The summed E-state index contributed by atoms with van der Waals surface area (Å²) in [6.45, 7) is 6.13. The van der Waals surface area contributed by atoms with Gasteiger partial charge in [0, 0.05) is 24.7 Å². The van der Waals surface area contributed by atoms with E-state index in [4.69, 9.17) is 4.52 Å².